The van der Waals surface area contributed by atoms with Crippen molar-refractivity contribution in [3.63, 3.8) is 0 Å². The van der Waals surface area contributed by atoms with Gasteiger partial charge in [-0.2, -0.15) is 5.10 Å². The van der Waals surface area contributed by atoms with Gasteiger partial charge in [-0.05, 0) is 30.0 Å². The van der Waals surface area contributed by atoms with E-state index in [1.54, 1.807) is 17.0 Å². The van der Waals surface area contributed by atoms with Crippen molar-refractivity contribution in [1.29, 1.82) is 0 Å². The fourth-order valence-electron chi connectivity index (χ4n) is 4.27. The lowest BCUT2D eigenvalue weighted by atomic mass is 9.95. The topological polar surface area (TPSA) is 71.3 Å². The quantitative estimate of drug-likeness (QED) is 0.556. The number of nitrogens with zero attached hydrogens (tertiary/aromatic N) is 5. The summed E-state index contributed by atoms with van der Waals surface area (Å²) in [6.45, 7) is 4.21. The molecular formula is C25H28FN5O2. The molecule has 0 bridgehead atoms. The average molecular weight is 450 g/mol. The fraction of sp³-hybridized carbons (Fsp3) is 0.360. The monoisotopic (exact) mass is 449 g/mol. The van der Waals surface area contributed by atoms with Gasteiger partial charge in [-0.3, -0.25) is 9.59 Å². The second kappa shape index (κ2) is 10.4. The van der Waals surface area contributed by atoms with Crippen LogP contribution in [-0.4, -0.2) is 62.6 Å². The zero-order chi connectivity index (χ0) is 23.2. The molecule has 3 aromatic rings. The molecule has 2 aromatic carbocycles. The summed E-state index contributed by atoms with van der Waals surface area (Å²) in [5, 5.41) is 4.01. The standard InChI is InChI=1S/C25H28FN5O2/c1-2-11-29-12-13-30(24(32)16-31-18-27-17-28-31)15-21(25(29)33)14-19-7-9-20(10-8-19)22-5-3-4-6-23(22)26/h3-10,17-18,21H,2,11-16H2,1H3/t21-/m1/s1. The van der Waals surface area contributed by atoms with E-state index in [9.17, 15) is 14.0 Å². The Morgan fingerprint density at radius 2 is 1.91 bits per heavy atom. The summed E-state index contributed by atoms with van der Waals surface area (Å²) in [6, 6.07) is 14.3. The predicted octanol–water partition coefficient (Wildman–Crippen LogP) is 3.02. The first-order valence-corrected chi connectivity index (χ1v) is 11.3. The molecular weight excluding hydrogens is 421 g/mol. The highest BCUT2D eigenvalue weighted by Gasteiger charge is 2.32. The van der Waals surface area contributed by atoms with Crippen LogP contribution >= 0.6 is 0 Å². The van der Waals surface area contributed by atoms with Crippen molar-refractivity contribution in [2.75, 3.05) is 26.2 Å². The van der Waals surface area contributed by atoms with E-state index in [4.69, 9.17) is 0 Å². The number of benzene rings is 2. The van der Waals surface area contributed by atoms with Gasteiger partial charge in [0.2, 0.25) is 11.8 Å². The summed E-state index contributed by atoms with van der Waals surface area (Å²) < 4.78 is 15.6. The number of rotatable bonds is 7. The van der Waals surface area contributed by atoms with Gasteiger partial charge >= 0.3 is 0 Å². The lowest BCUT2D eigenvalue weighted by Gasteiger charge is -2.24. The maximum absolute atomic E-state index is 14.1. The van der Waals surface area contributed by atoms with Gasteiger partial charge in [0.25, 0.3) is 0 Å². The number of carbonyl (C=O) groups is 2. The van der Waals surface area contributed by atoms with Crippen LogP contribution in [0, 0.1) is 11.7 Å². The van der Waals surface area contributed by atoms with E-state index in [1.807, 2.05) is 42.2 Å². The Balaban J connectivity index is 1.51. The molecule has 7 nitrogen and oxygen atoms in total. The van der Waals surface area contributed by atoms with Crippen molar-refractivity contribution >= 4 is 11.8 Å². The van der Waals surface area contributed by atoms with Gasteiger partial charge in [0.15, 0.2) is 0 Å². The minimum absolute atomic E-state index is 0.0751. The summed E-state index contributed by atoms with van der Waals surface area (Å²) in [5.74, 6) is -0.600. The van der Waals surface area contributed by atoms with Crippen LogP contribution in [0.5, 0.6) is 0 Å². The Morgan fingerprint density at radius 1 is 1.12 bits per heavy atom. The highest BCUT2D eigenvalue weighted by atomic mass is 19.1. The van der Waals surface area contributed by atoms with E-state index in [-0.39, 0.29) is 30.1 Å². The van der Waals surface area contributed by atoms with Crippen molar-refractivity contribution in [1.82, 2.24) is 24.6 Å². The minimum Gasteiger partial charge on any atom is -0.341 e. The van der Waals surface area contributed by atoms with Crippen molar-refractivity contribution in [3.05, 3.63) is 72.6 Å². The van der Waals surface area contributed by atoms with Gasteiger partial charge in [0.1, 0.15) is 25.0 Å². The van der Waals surface area contributed by atoms with E-state index < -0.39 is 0 Å². The van der Waals surface area contributed by atoms with Crippen molar-refractivity contribution < 1.29 is 14.0 Å². The van der Waals surface area contributed by atoms with Gasteiger partial charge in [-0.1, -0.05) is 49.4 Å². The minimum atomic E-state index is -0.335. The molecule has 172 valence electrons. The van der Waals surface area contributed by atoms with Crippen LogP contribution in [0.2, 0.25) is 0 Å². The number of hydrogen-bond donors (Lipinski definition) is 0. The molecule has 8 heteroatoms. The third-order valence-corrected chi connectivity index (χ3v) is 5.97. The molecule has 1 aliphatic heterocycles. The van der Waals surface area contributed by atoms with E-state index in [0.717, 1.165) is 17.5 Å². The van der Waals surface area contributed by atoms with E-state index in [2.05, 4.69) is 10.1 Å². The molecule has 33 heavy (non-hydrogen) atoms. The van der Waals surface area contributed by atoms with Gasteiger partial charge in [0, 0.05) is 31.7 Å². The Hall–Kier alpha value is -3.55. The van der Waals surface area contributed by atoms with Crippen LogP contribution in [0.15, 0.2) is 61.2 Å². The number of hydrogen-bond acceptors (Lipinski definition) is 4. The first-order chi connectivity index (χ1) is 16.0. The van der Waals surface area contributed by atoms with Gasteiger partial charge in [-0.15, -0.1) is 0 Å². The smallest absolute Gasteiger partial charge is 0.244 e. The number of halogens is 1. The lowest BCUT2D eigenvalue weighted by molar-refractivity contribution is -0.135. The molecule has 0 saturated carbocycles. The molecule has 0 unspecified atom stereocenters. The highest BCUT2D eigenvalue weighted by molar-refractivity contribution is 5.82. The van der Waals surface area contributed by atoms with Crippen LogP contribution in [0.1, 0.15) is 18.9 Å². The number of amides is 2. The molecule has 1 atom stereocenters. The SMILES string of the molecule is CCCN1CCN(C(=O)Cn2cncn2)C[C@@H](Cc2ccc(-c3ccccc3F)cc2)C1=O. The molecule has 0 aliphatic carbocycles. The van der Waals surface area contributed by atoms with E-state index in [1.165, 1.54) is 23.4 Å². The Labute approximate surface area is 192 Å². The Kier molecular flexibility index (Phi) is 7.12. The van der Waals surface area contributed by atoms with Gasteiger partial charge in [-0.25, -0.2) is 14.1 Å². The largest absolute Gasteiger partial charge is 0.341 e. The van der Waals surface area contributed by atoms with Gasteiger partial charge in [0.05, 0.1) is 5.92 Å². The first-order valence-electron chi connectivity index (χ1n) is 11.3. The van der Waals surface area contributed by atoms with Crippen molar-refractivity contribution in [2.24, 2.45) is 5.92 Å². The summed E-state index contributed by atoms with van der Waals surface area (Å²) in [4.78, 5) is 33.7. The highest BCUT2D eigenvalue weighted by Crippen LogP contribution is 2.24. The average Bonchev–Trinajstić information content (AvgIpc) is 3.28. The molecule has 1 aromatic heterocycles. The maximum atomic E-state index is 14.1. The summed E-state index contributed by atoms with van der Waals surface area (Å²) >= 11 is 0. The molecule has 0 radical (unpaired) electrons. The molecule has 1 fully saturated rings. The molecule has 0 spiro atoms. The summed E-state index contributed by atoms with van der Waals surface area (Å²) in [6.07, 6.45) is 4.29. The second-order valence-corrected chi connectivity index (χ2v) is 8.34. The van der Waals surface area contributed by atoms with Crippen LogP contribution in [0.4, 0.5) is 4.39 Å². The molecule has 4 rings (SSSR count). The molecule has 1 aliphatic rings. The normalized spacial score (nSPS) is 16.7. The molecule has 1 saturated heterocycles. The van der Waals surface area contributed by atoms with E-state index in [0.29, 0.717) is 38.2 Å². The third kappa shape index (κ3) is 5.45. The molecule has 2 amide bonds. The van der Waals surface area contributed by atoms with Crippen LogP contribution in [0.25, 0.3) is 11.1 Å². The second-order valence-electron chi connectivity index (χ2n) is 8.34. The summed E-state index contributed by atoms with van der Waals surface area (Å²) in [7, 11) is 0. The molecule has 2 heterocycles. The van der Waals surface area contributed by atoms with Crippen LogP contribution in [-0.2, 0) is 22.6 Å². The summed E-state index contributed by atoms with van der Waals surface area (Å²) in [5.41, 5.74) is 2.32. The zero-order valence-corrected chi connectivity index (χ0v) is 18.7. The Bertz CT molecular complexity index is 1080. The zero-order valence-electron chi connectivity index (χ0n) is 18.7. The predicted molar refractivity (Wildman–Crippen MR) is 123 cm³/mol. The van der Waals surface area contributed by atoms with Crippen LogP contribution < -0.4 is 0 Å². The third-order valence-electron chi connectivity index (χ3n) is 5.97. The van der Waals surface area contributed by atoms with Crippen LogP contribution in [0.3, 0.4) is 0 Å². The molecule has 0 N–H and O–H groups in total. The first kappa shape index (κ1) is 22.6. The fourth-order valence-corrected chi connectivity index (χ4v) is 4.27. The lowest BCUT2D eigenvalue weighted by Crippen LogP contribution is -2.39. The number of carbonyl (C=O) groups excluding carboxylic acids is 2. The van der Waals surface area contributed by atoms with E-state index >= 15 is 0 Å². The van der Waals surface area contributed by atoms with Gasteiger partial charge < -0.3 is 9.80 Å². The van der Waals surface area contributed by atoms with Crippen molar-refractivity contribution in [2.45, 2.75) is 26.3 Å². The maximum Gasteiger partial charge on any atom is 0.244 e. The van der Waals surface area contributed by atoms with Crippen molar-refractivity contribution in [3.8, 4) is 11.1 Å². The Morgan fingerprint density at radius 3 is 2.61 bits per heavy atom. The number of aromatic nitrogens is 3.